The first-order valence-electron chi connectivity index (χ1n) is 14.0. The lowest BCUT2D eigenvalue weighted by Gasteiger charge is -2.36. The maximum absolute atomic E-state index is 5.78. The molecule has 0 spiro atoms. The van der Waals surface area contributed by atoms with Crippen LogP contribution in [-0.2, 0) is 5.41 Å². The van der Waals surface area contributed by atoms with Crippen molar-refractivity contribution in [3.8, 4) is 0 Å². The number of benzene rings is 1. The van der Waals surface area contributed by atoms with Crippen LogP contribution in [0.15, 0.2) is 36.4 Å². The molecule has 1 saturated carbocycles. The van der Waals surface area contributed by atoms with Crippen molar-refractivity contribution in [2.45, 2.75) is 70.6 Å². The van der Waals surface area contributed by atoms with E-state index >= 15 is 0 Å². The second-order valence-corrected chi connectivity index (χ2v) is 11.9. The summed E-state index contributed by atoms with van der Waals surface area (Å²) in [4.78, 5) is 14.8. The third-order valence-electron chi connectivity index (χ3n) is 8.33. The summed E-state index contributed by atoms with van der Waals surface area (Å²) in [5, 5.41) is 7.51. The van der Waals surface area contributed by atoms with Crippen molar-refractivity contribution in [3.05, 3.63) is 42.0 Å². The average Bonchev–Trinajstić information content (AvgIpc) is 3.38. The molecule has 0 amide bonds. The van der Waals surface area contributed by atoms with Gasteiger partial charge in [-0.05, 0) is 68.1 Å². The molecule has 2 atom stereocenters. The standard InChI is InChI=1S/C29H42N6S/c1-22-17-23(2)20-35(19-22)26-18-25(34-15-9-4-10-16-34)31-27(32-26)33-28(36)30-21-29(13-7-8-14-29)24-11-5-3-6-12-24/h3,5-6,11-12,18,22-23H,4,7-10,13-17,19-21H2,1-2H3,(H2,30,31,32,33,36)/t22-,23+. The number of aromatic nitrogens is 2. The molecule has 3 fully saturated rings. The maximum atomic E-state index is 5.78. The average molecular weight is 507 g/mol. The van der Waals surface area contributed by atoms with Crippen LogP contribution in [0.4, 0.5) is 17.6 Å². The fourth-order valence-electron chi connectivity index (χ4n) is 6.58. The molecule has 194 valence electrons. The third kappa shape index (κ3) is 5.93. The zero-order chi connectivity index (χ0) is 25.0. The van der Waals surface area contributed by atoms with Crippen LogP contribution in [0.3, 0.4) is 0 Å². The van der Waals surface area contributed by atoms with Gasteiger partial charge in [-0.1, -0.05) is 57.0 Å². The van der Waals surface area contributed by atoms with Gasteiger partial charge in [0, 0.05) is 44.2 Å². The van der Waals surface area contributed by atoms with Crippen molar-refractivity contribution < 1.29 is 0 Å². The Kier molecular flexibility index (Phi) is 7.94. The largest absolute Gasteiger partial charge is 0.361 e. The maximum Gasteiger partial charge on any atom is 0.232 e. The first kappa shape index (κ1) is 25.2. The number of nitrogens with one attached hydrogen (secondary N) is 2. The zero-order valence-corrected chi connectivity index (χ0v) is 22.8. The van der Waals surface area contributed by atoms with E-state index in [4.69, 9.17) is 22.2 Å². The third-order valence-corrected chi connectivity index (χ3v) is 8.58. The molecule has 3 aliphatic rings. The van der Waals surface area contributed by atoms with Crippen molar-refractivity contribution in [1.29, 1.82) is 0 Å². The molecule has 0 unspecified atom stereocenters. The molecule has 1 aromatic carbocycles. The van der Waals surface area contributed by atoms with Gasteiger partial charge in [0.2, 0.25) is 5.95 Å². The number of rotatable bonds is 6. The molecule has 1 aromatic heterocycles. The summed E-state index contributed by atoms with van der Waals surface area (Å²) in [6.45, 7) is 9.74. The van der Waals surface area contributed by atoms with Gasteiger partial charge in [-0.15, -0.1) is 0 Å². The number of hydrogen-bond donors (Lipinski definition) is 2. The van der Waals surface area contributed by atoms with Crippen LogP contribution in [0.25, 0.3) is 0 Å². The summed E-state index contributed by atoms with van der Waals surface area (Å²) >= 11 is 5.78. The van der Waals surface area contributed by atoms with Crippen molar-refractivity contribution in [3.63, 3.8) is 0 Å². The first-order valence-corrected chi connectivity index (χ1v) is 14.4. The van der Waals surface area contributed by atoms with E-state index < -0.39 is 0 Å². The molecular weight excluding hydrogens is 464 g/mol. The van der Waals surface area contributed by atoms with Gasteiger partial charge >= 0.3 is 0 Å². The fraction of sp³-hybridized carbons (Fsp3) is 0.621. The van der Waals surface area contributed by atoms with Crippen LogP contribution in [0, 0.1) is 11.8 Å². The lowest BCUT2D eigenvalue weighted by molar-refractivity contribution is 0.355. The van der Waals surface area contributed by atoms with E-state index in [0.717, 1.165) is 44.4 Å². The summed E-state index contributed by atoms with van der Waals surface area (Å²) in [6, 6.07) is 13.1. The van der Waals surface area contributed by atoms with Crippen LogP contribution in [0.2, 0.25) is 0 Å². The van der Waals surface area contributed by atoms with E-state index in [-0.39, 0.29) is 5.41 Å². The Labute approximate surface area is 222 Å². The molecule has 6 nitrogen and oxygen atoms in total. The van der Waals surface area contributed by atoms with Crippen molar-refractivity contribution in [2.75, 3.05) is 47.8 Å². The predicted molar refractivity (Wildman–Crippen MR) is 154 cm³/mol. The van der Waals surface area contributed by atoms with Gasteiger partial charge in [0.1, 0.15) is 11.6 Å². The lowest BCUT2D eigenvalue weighted by Crippen LogP contribution is -2.41. The first-order chi connectivity index (χ1) is 17.5. The minimum Gasteiger partial charge on any atom is -0.361 e. The van der Waals surface area contributed by atoms with Crippen molar-refractivity contribution in [1.82, 2.24) is 15.3 Å². The Balaban J connectivity index is 1.32. The monoisotopic (exact) mass is 506 g/mol. The molecule has 3 heterocycles. The molecule has 0 radical (unpaired) electrons. The minimum atomic E-state index is 0.148. The van der Waals surface area contributed by atoms with Gasteiger partial charge in [0.05, 0.1) is 0 Å². The normalized spacial score (nSPS) is 23.9. The Morgan fingerprint density at radius 2 is 1.56 bits per heavy atom. The van der Waals surface area contributed by atoms with Gasteiger partial charge in [0.15, 0.2) is 5.11 Å². The second-order valence-electron chi connectivity index (χ2n) is 11.5. The SMILES string of the molecule is C[C@@H]1C[C@H](C)CN(c2cc(N3CCCCC3)nc(NC(=S)NCC3(c4ccccc4)CCCC3)n2)C1. The topological polar surface area (TPSA) is 56.3 Å². The second kappa shape index (κ2) is 11.3. The minimum absolute atomic E-state index is 0.148. The molecule has 0 bridgehead atoms. The summed E-state index contributed by atoms with van der Waals surface area (Å²) in [7, 11) is 0. The van der Waals surface area contributed by atoms with Gasteiger partial charge in [-0.3, -0.25) is 0 Å². The quantitative estimate of drug-likeness (QED) is 0.484. The highest BCUT2D eigenvalue weighted by molar-refractivity contribution is 7.80. The molecule has 2 saturated heterocycles. The van der Waals surface area contributed by atoms with E-state index in [1.165, 1.54) is 56.9 Å². The van der Waals surface area contributed by atoms with Gasteiger partial charge in [0.25, 0.3) is 0 Å². The Morgan fingerprint density at radius 1 is 0.917 bits per heavy atom. The van der Waals surface area contributed by atoms with E-state index in [0.29, 0.717) is 22.9 Å². The van der Waals surface area contributed by atoms with Gasteiger partial charge in [-0.2, -0.15) is 9.97 Å². The van der Waals surface area contributed by atoms with Crippen LogP contribution in [0.5, 0.6) is 0 Å². The van der Waals surface area contributed by atoms with Crippen molar-refractivity contribution in [2.24, 2.45) is 11.8 Å². The lowest BCUT2D eigenvalue weighted by atomic mass is 9.79. The van der Waals surface area contributed by atoms with E-state index in [2.05, 4.69) is 70.7 Å². The number of thiocarbonyl (C=S) groups is 1. The number of anilines is 3. The summed E-state index contributed by atoms with van der Waals surface area (Å²) < 4.78 is 0. The molecule has 1 aliphatic carbocycles. The molecule has 7 heteroatoms. The molecular formula is C29H42N6S. The van der Waals surface area contributed by atoms with E-state index in [1.54, 1.807) is 0 Å². The van der Waals surface area contributed by atoms with E-state index in [9.17, 15) is 0 Å². The summed E-state index contributed by atoms with van der Waals surface area (Å²) in [5.41, 5.74) is 1.56. The highest BCUT2D eigenvalue weighted by Crippen LogP contribution is 2.40. The van der Waals surface area contributed by atoms with Crippen LogP contribution < -0.4 is 20.4 Å². The predicted octanol–water partition coefficient (Wildman–Crippen LogP) is 5.75. The van der Waals surface area contributed by atoms with Crippen LogP contribution in [-0.4, -0.2) is 47.8 Å². The van der Waals surface area contributed by atoms with Crippen LogP contribution >= 0.6 is 12.2 Å². The molecule has 2 aromatic rings. The number of hydrogen-bond acceptors (Lipinski definition) is 5. The number of piperidine rings is 2. The molecule has 2 aliphatic heterocycles. The summed E-state index contributed by atoms with van der Waals surface area (Å²) in [5.74, 6) is 3.98. The van der Waals surface area contributed by atoms with Gasteiger partial charge in [-0.25, -0.2) is 0 Å². The highest BCUT2D eigenvalue weighted by atomic mass is 32.1. The highest BCUT2D eigenvalue weighted by Gasteiger charge is 2.35. The van der Waals surface area contributed by atoms with Crippen LogP contribution in [0.1, 0.15) is 70.8 Å². The van der Waals surface area contributed by atoms with Gasteiger partial charge < -0.3 is 20.4 Å². The van der Waals surface area contributed by atoms with E-state index in [1.807, 2.05) is 0 Å². The smallest absolute Gasteiger partial charge is 0.232 e. The van der Waals surface area contributed by atoms with Crippen molar-refractivity contribution >= 4 is 34.9 Å². The summed E-state index contributed by atoms with van der Waals surface area (Å²) in [6.07, 6.45) is 9.97. The Bertz CT molecular complexity index is 1010. The number of nitrogens with zero attached hydrogens (tertiary/aromatic N) is 4. The molecule has 5 rings (SSSR count). The zero-order valence-electron chi connectivity index (χ0n) is 22.0. The Morgan fingerprint density at radius 3 is 2.22 bits per heavy atom. The fourth-order valence-corrected chi connectivity index (χ4v) is 6.74. The Hall–Kier alpha value is -2.41. The molecule has 36 heavy (non-hydrogen) atoms. The molecule has 2 N–H and O–H groups in total.